The predicted octanol–water partition coefficient (Wildman–Crippen LogP) is 4.53. The molecule has 2 N–H and O–H groups in total. The number of hydrogen-bond acceptors (Lipinski definition) is 4. The smallest absolute Gasteiger partial charge is 0.244 e. The zero-order chi connectivity index (χ0) is 24.0. The monoisotopic (exact) mass is 530 g/mol. The van der Waals surface area contributed by atoms with Gasteiger partial charge in [0.1, 0.15) is 16.7 Å². The fourth-order valence-electron chi connectivity index (χ4n) is 3.43. The van der Waals surface area contributed by atoms with Crippen LogP contribution in [0.1, 0.15) is 29.7 Å². The molecule has 174 valence electrons. The van der Waals surface area contributed by atoms with Crippen LogP contribution >= 0.6 is 15.9 Å². The quantitative estimate of drug-likeness (QED) is 0.425. The van der Waals surface area contributed by atoms with E-state index in [1.807, 2.05) is 61.5 Å². The van der Waals surface area contributed by atoms with Crippen LogP contribution in [0.5, 0.6) is 5.75 Å². The number of amides is 1. The first-order chi connectivity index (χ1) is 15.7. The van der Waals surface area contributed by atoms with Gasteiger partial charge in [-0.05, 0) is 61.2 Å². The molecule has 3 aromatic carbocycles. The molecular formula is C25H27BrN2O4S. The van der Waals surface area contributed by atoms with Gasteiger partial charge in [0.2, 0.25) is 15.9 Å². The molecule has 8 heteroatoms. The van der Waals surface area contributed by atoms with Crippen molar-refractivity contribution in [3.05, 3.63) is 94.0 Å². The Morgan fingerprint density at radius 2 is 1.70 bits per heavy atom. The van der Waals surface area contributed by atoms with Crippen molar-refractivity contribution in [2.75, 3.05) is 7.11 Å². The largest absolute Gasteiger partial charge is 0.495 e. The first-order valence-corrected chi connectivity index (χ1v) is 12.7. The Morgan fingerprint density at radius 3 is 2.33 bits per heavy atom. The van der Waals surface area contributed by atoms with Crippen molar-refractivity contribution in [3.63, 3.8) is 0 Å². The second-order valence-electron chi connectivity index (χ2n) is 7.80. The molecule has 6 nitrogen and oxygen atoms in total. The standard InChI is InChI=1S/C25H27BrN2O4S/c1-17-9-14-23(32-3)24(15-17)33(30,31)28-22(16-19-7-5-4-6-8-19)25(29)27-18(2)20-10-12-21(26)13-11-20/h4-15,18,22,28H,16H2,1-3H3,(H,27,29)/t18-,22-/m0/s1. The summed E-state index contributed by atoms with van der Waals surface area (Å²) in [6.45, 7) is 3.66. The minimum atomic E-state index is -4.04. The minimum absolute atomic E-state index is 0.00294. The van der Waals surface area contributed by atoms with Crippen LogP contribution < -0.4 is 14.8 Å². The van der Waals surface area contributed by atoms with Gasteiger partial charge in [-0.2, -0.15) is 4.72 Å². The molecule has 1 amide bonds. The topological polar surface area (TPSA) is 84.5 Å². The number of rotatable bonds is 9. The summed E-state index contributed by atoms with van der Waals surface area (Å²) >= 11 is 3.40. The van der Waals surface area contributed by atoms with Crippen molar-refractivity contribution < 1.29 is 17.9 Å². The number of nitrogens with one attached hydrogen (secondary N) is 2. The van der Waals surface area contributed by atoms with Gasteiger partial charge < -0.3 is 10.1 Å². The summed E-state index contributed by atoms with van der Waals surface area (Å²) in [6, 6.07) is 20.5. The maximum absolute atomic E-state index is 13.3. The molecule has 0 unspecified atom stereocenters. The fraction of sp³-hybridized carbons (Fsp3) is 0.240. The summed E-state index contributed by atoms with van der Waals surface area (Å²) < 4.78 is 35.4. The number of aryl methyl sites for hydroxylation is 1. The number of halogens is 1. The molecule has 0 saturated heterocycles. The number of sulfonamides is 1. The van der Waals surface area contributed by atoms with Crippen LogP contribution in [0.25, 0.3) is 0 Å². The molecule has 33 heavy (non-hydrogen) atoms. The van der Waals surface area contributed by atoms with E-state index >= 15 is 0 Å². The Labute approximate surface area is 203 Å². The minimum Gasteiger partial charge on any atom is -0.495 e. The predicted molar refractivity (Wildman–Crippen MR) is 133 cm³/mol. The number of methoxy groups -OCH3 is 1. The van der Waals surface area contributed by atoms with Gasteiger partial charge in [0.25, 0.3) is 0 Å². The van der Waals surface area contributed by atoms with Crippen LogP contribution in [0.2, 0.25) is 0 Å². The molecular weight excluding hydrogens is 504 g/mol. The van der Waals surface area contributed by atoms with E-state index in [1.165, 1.54) is 13.2 Å². The Balaban J connectivity index is 1.88. The zero-order valence-corrected chi connectivity index (χ0v) is 21.1. The van der Waals surface area contributed by atoms with Crippen molar-refractivity contribution in [2.24, 2.45) is 0 Å². The molecule has 0 aliphatic carbocycles. The SMILES string of the molecule is COc1ccc(C)cc1S(=O)(=O)N[C@@H](Cc1ccccc1)C(=O)N[C@@H](C)c1ccc(Br)cc1. The van der Waals surface area contributed by atoms with Gasteiger partial charge in [-0.15, -0.1) is 0 Å². The highest BCUT2D eigenvalue weighted by Crippen LogP contribution is 2.25. The summed E-state index contributed by atoms with van der Waals surface area (Å²) in [6.07, 6.45) is 0.201. The molecule has 0 aliphatic heterocycles. The molecule has 3 rings (SSSR count). The van der Waals surface area contributed by atoms with Crippen molar-refractivity contribution in [2.45, 2.75) is 37.2 Å². The van der Waals surface area contributed by atoms with Crippen molar-refractivity contribution in [1.29, 1.82) is 0 Å². The number of hydrogen-bond donors (Lipinski definition) is 2. The maximum Gasteiger partial charge on any atom is 0.244 e. The Bertz CT molecular complexity index is 1200. The van der Waals surface area contributed by atoms with Crippen LogP contribution in [0.3, 0.4) is 0 Å². The van der Waals surface area contributed by atoms with Gasteiger partial charge in [0.15, 0.2) is 0 Å². The van der Waals surface area contributed by atoms with Gasteiger partial charge in [0, 0.05) is 4.47 Å². The highest BCUT2D eigenvalue weighted by Gasteiger charge is 2.29. The summed E-state index contributed by atoms with van der Waals surface area (Å²) in [5, 5.41) is 2.94. The summed E-state index contributed by atoms with van der Waals surface area (Å²) in [5.41, 5.74) is 2.52. The van der Waals surface area contributed by atoms with Crippen molar-refractivity contribution in [3.8, 4) is 5.75 Å². The number of ether oxygens (including phenoxy) is 1. The highest BCUT2D eigenvalue weighted by atomic mass is 79.9. The van der Waals surface area contributed by atoms with Crippen LogP contribution in [0.15, 0.2) is 82.2 Å². The molecule has 0 aromatic heterocycles. The van der Waals surface area contributed by atoms with E-state index in [0.717, 1.165) is 21.2 Å². The van der Waals surface area contributed by atoms with E-state index in [2.05, 4.69) is 26.0 Å². The Kier molecular flexibility index (Phi) is 8.29. The number of benzene rings is 3. The van der Waals surface area contributed by atoms with Gasteiger partial charge in [-0.3, -0.25) is 4.79 Å². The maximum atomic E-state index is 13.3. The normalized spacial score (nSPS) is 13.2. The first kappa shape index (κ1) is 25.0. The van der Waals surface area contributed by atoms with Gasteiger partial charge in [0.05, 0.1) is 13.2 Å². The molecule has 0 spiro atoms. The van der Waals surface area contributed by atoms with Crippen LogP contribution in [0.4, 0.5) is 0 Å². The Morgan fingerprint density at radius 1 is 1.03 bits per heavy atom. The first-order valence-electron chi connectivity index (χ1n) is 10.5. The van der Waals surface area contributed by atoms with Crippen molar-refractivity contribution in [1.82, 2.24) is 10.0 Å². The zero-order valence-electron chi connectivity index (χ0n) is 18.7. The lowest BCUT2D eigenvalue weighted by atomic mass is 10.0. The summed E-state index contributed by atoms with van der Waals surface area (Å²) in [4.78, 5) is 13.2. The van der Waals surface area contributed by atoms with Crippen LogP contribution in [0, 0.1) is 6.92 Å². The third-order valence-corrected chi connectivity index (χ3v) is 7.26. The number of carbonyl (C=O) groups is 1. The molecule has 0 fully saturated rings. The molecule has 0 bridgehead atoms. The van der Waals surface area contributed by atoms with E-state index in [-0.39, 0.29) is 23.1 Å². The lowest BCUT2D eigenvalue weighted by Gasteiger charge is -2.22. The molecule has 0 saturated carbocycles. The van der Waals surface area contributed by atoms with Crippen LogP contribution in [-0.4, -0.2) is 27.5 Å². The van der Waals surface area contributed by atoms with E-state index in [1.54, 1.807) is 19.1 Å². The lowest BCUT2D eigenvalue weighted by molar-refractivity contribution is -0.123. The molecule has 2 atom stereocenters. The van der Waals surface area contributed by atoms with Gasteiger partial charge in [-0.1, -0.05) is 64.5 Å². The average Bonchev–Trinajstić information content (AvgIpc) is 2.79. The molecule has 0 heterocycles. The molecule has 0 radical (unpaired) electrons. The fourth-order valence-corrected chi connectivity index (χ4v) is 5.14. The van der Waals surface area contributed by atoms with E-state index in [4.69, 9.17) is 4.74 Å². The van der Waals surface area contributed by atoms with E-state index < -0.39 is 22.0 Å². The second-order valence-corrected chi connectivity index (χ2v) is 10.4. The second kappa shape index (κ2) is 11.0. The van der Waals surface area contributed by atoms with Gasteiger partial charge in [-0.25, -0.2) is 8.42 Å². The summed E-state index contributed by atoms with van der Waals surface area (Å²) in [7, 11) is -2.62. The summed E-state index contributed by atoms with van der Waals surface area (Å²) in [5.74, 6) is -0.195. The van der Waals surface area contributed by atoms with E-state index in [9.17, 15) is 13.2 Å². The van der Waals surface area contributed by atoms with Gasteiger partial charge >= 0.3 is 0 Å². The number of carbonyl (C=O) groups excluding carboxylic acids is 1. The molecule has 0 aliphatic rings. The lowest BCUT2D eigenvalue weighted by Crippen LogP contribution is -2.48. The third-order valence-electron chi connectivity index (χ3n) is 5.23. The molecule has 3 aromatic rings. The van der Waals surface area contributed by atoms with Crippen molar-refractivity contribution >= 4 is 31.9 Å². The highest BCUT2D eigenvalue weighted by molar-refractivity contribution is 9.10. The average molecular weight is 531 g/mol. The third kappa shape index (κ3) is 6.66. The van der Waals surface area contributed by atoms with E-state index in [0.29, 0.717) is 0 Å². The Hall–Kier alpha value is -2.68. The van der Waals surface area contributed by atoms with Crippen LogP contribution in [-0.2, 0) is 21.2 Å².